The van der Waals surface area contributed by atoms with Crippen LogP contribution in [-0.2, 0) is 12.8 Å². The fourth-order valence-corrected chi connectivity index (χ4v) is 2.56. The van der Waals surface area contributed by atoms with Gasteiger partial charge in [0.1, 0.15) is 0 Å². The fourth-order valence-electron chi connectivity index (χ4n) is 2.32. The highest BCUT2D eigenvalue weighted by molar-refractivity contribution is 7.80. The number of rotatable bonds is 8. The molecule has 0 saturated heterocycles. The lowest BCUT2D eigenvalue weighted by Crippen LogP contribution is -2.42. The molecular formula is C18H23N3OS. The minimum Gasteiger partial charge on any atom is -0.338 e. The average molecular weight is 329 g/mol. The van der Waals surface area contributed by atoms with Gasteiger partial charge in [-0.15, -0.1) is 0 Å². The van der Waals surface area contributed by atoms with E-state index in [-0.39, 0.29) is 6.03 Å². The maximum Gasteiger partial charge on any atom is 0.317 e. The van der Waals surface area contributed by atoms with Crippen LogP contribution in [0.1, 0.15) is 11.1 Å². The highest BCUT2D eigenvalue weighted by atomic mass is 32.1. The van der Waals surface area contributed by atoms with Crippen molar-refractivity contribution in [2.24, 2.45) is 0 Å². The summed E-state index contributed by atoms with van der Waals surface area (Å²) < 4.78 is 0. The molecule has 1 N–H and O–H groups in total. The van der Waals surface area contributed by atoms with Crippen LogP contribution in [0.25, 0.3) is 0 Å². The number of benzene rings is 1. The molecule has 122 valence electrons. The Morgan fingerprint density at radius 3 is 2.39 bits per heavy atom. The lowest BCUT2D eigenvalue weighted by atomic mass is 10.1. The Balaban J connectivity index is 1.78. The van der Waals surface area contributed by atoms with E-state index in [2.05, 4.69) is 35.1 Å². The van der Waals surface area contributed by atoms with Gasteiger partial charge in [0.25, 0.3) is 0 Å². The van der Waals surface area contributed by atoms with Gasteiger partial charge in [-0.1, -0.05) is 30.3 Å². The largest absolute Gasteiger partial charge is 0.338 e. The number of carbonyl (C=O) groups excluding carboxylic acids is 1. The molecule has 0 aliphatic rings. The van der Waals surface area contributed by atoms with E-state index in [9.17, 15) is 4.79 Å². The summed E-state index contributed by atoms with van der Waals surface area (Å²) in [6, 6.07) is 14.1. The SMILES string of the molecule is O=C(NCCc1ccncc1)N(CCS)CCc1ccccc1. The van der Waals surface area contributed by atoms with Gasteiger partial charge in [0, 0.05) is 37.8 Å². The molecule has 0 spiro atoms. The lowest BCUT2D eigenvalue weighted by molar-refractivity contribution is 0.202. The first-order chi connectivity index (χ1) is 11.3. The van der Waals surface area contributed by atoms with Gasteiger partial charge in [0.05, 0.1) is 0 Å². The van der Waals surface area contributed by atoms with Gasteiger partial charge in [-0.3, -0.25) is 4.98 Å². The molecule has 0 saturated carbocycles. The summed E-state index contributed by atoms with van der Waals surface area (Å²) in [6.45, 7) is 1.97. The number of hydrogen-bond acceptors (Lipinski definition) is 3. The van der Waals surface area contributed by atoms with Crippen LogP contribution in [0.15, 0.2) is 54.9 Å². The number of nitrogens with zero attached hydrogens (tertiary/aromatic N) is 2. The van der Waals surface area contributed by atoms with Crippen LogP contribution in [0.3, 0.4) is 0 Å². The van der Waals surface area contributed by atoms with Gasteiger partial charge in [-0.2, -0.15) is 12.6 Å². The molecule has 4 nitrogen and oxygen atoms in total. The molecule has 0 aliphatic carbocycles. The number of carbonyl (C=O) groups is 1. The highest BCUT2D eigenvalue weighted by Crippen LogP contribution is 2.03. The third-order valence-corrected chi connectivity index (χ3v) is 3.81. The van der Waals surface area contributed by atoms with E-state index < -0.39 is 0 Å². The van der Waals surface area contributed by atoms with Crippen molar-refractivity contribution in [1.82, 2.24) is 15.2 Å². The predicted molar refractivity (Wildman–Crippen MR) is 96.9 cm³/mol. The molecule has 1 aromatic carbocycles. The van der Waals surface area contributed by atoms with Gasteiger partial charge in [-0.05, 0) is 36.1 Å². The van der Waals surface area contributed by atoms with E-state index in [0.717, 1.165) is 12.8 Å². The summed E-state index contributed by atoms with van der Waals surface area (Å²) in [7, 11) is 0. The topological polar surface area (TPSA) is 45.2 Å². The Morgan fingerprint density at radius 2 is 1.70 bits per heavy atom. The summed E-state index contributed by atoms with van der Waals surface area (Å²) in [5.41, 5.74) is 2.41. The number of urea groups is 1. The van der Waals surface area contributed by atoms with Gasteiger partial charge in [0.2, 0.25) is 0 Å². The van der Waals surface area contributed by atoms with Gasteiger partial charge < -0.3 is 10.2 Å². The van der Waals surface area contributed by atoms with Crippen molar-refractivity contribution in [2.45, 2.75) is 12.8 Å². The van der Waals surface area contributed by atoms with Crippen LogP contribution in [0.2, 0.25) is 0 Å². The summed E-state index contributed by atoms with van der Waals surface area (Å²) in [4.78, 5) is 18.1. The smallest absolute Gasteiger partial charge is 0.317 e. The second-order valence-electron chi connectivity index (χ2n) is 5.28. The van der Waals surface area contributed by atoms with Crippen molar-refractivity contribution < 1.29 is 4.79 Å². The Labute approximate surface area is 143 Å². The number of nitrogens with one attached hydrogen (secondary N) is 1. The molecule has 0 unspecified atom stereocenters. The molecule has 0 bridgehead atoms. The monoisotopic (exact) mass is 329 g/mol. The van der Waals surface area contributed by atoms with Gasteiger partial charge in [-0.25, -0.2) is 4.79 Å². The molecular weight excluding hydrogens is 306 g/mol. The zero-order chi connectivity index (χ0) is 16.3. The van der Waals surface area contributed by atoms with Gasteiger partial charge in [0.15, 0.2) is 0 Å². The third kappa shape index (κ3) is 6.32. The normalized spacial score (nSPS) is 10.3. The first kappa shape index (κ1) is 17.3. The fraction of sp³-hybridized carbons (Fsp3) is 0.333. The Morgan fingerprint density at radius 1 is 1.00 bits per heavy atom. The molecule has 2 rings (SSSR count). The summed E-state index contributed by atoms with van der Waals surface area (Å²) in [5, 5.41) is 2.98. The average Bonchev–Trinajstić information content (AvgIpc) is 2.60. The zero-order valence-corrected chi connectivity index (χ0v) is 14.1. The molecule has 1 aromatic heterocycles. The van der Waals surface area contributed by atoms with E-state index in [1.165, 1.54) is 11.1 Å². The second-order valence-corrected chi connectivity index (χ2v) is 5.73. The summed E-state index contributed by atoms with van der Waals surface area (Å²) in [5.74, 6) is 0.659. The number of pyridine rings is 1. The molecule has 5 heteroatoms. The van der Waals surface area contributed by atoms with Crippen LogP contribution >= 0.6 is 12.6 Å². The van der Waals surface area contributed by atoms with Crippen molar-refractivity contribution in [1.29, 1.82) is 0 Å². The quantitative estimate of drug-likeness (QED) is 0.732. The van der Waals surface area contributed by atoms with E-state index in [1.807, 2.05) is 35.2 Å². The number of hydrogen-bond donors (Lipinski definition) is 2. The lowest BCUT2D eigenvalue weighted by Gasteiger charge is -2.22. The predicted octanol–water partition coefficient (Wildman–Crippen LogP) is 2.81. The van der Waals surface area contributed by atoms with Crippen LogP contribution in [0, 0.1) is 0 Å². The van der Waals surface area contributed by atoms with Crippen molar-refractivity contribution >= 4 is 18.7 Å². The molecule has 0 radical (unpaired) electrons. The number of amides is 2. The highest BCUT2D eigenvalue weighted by Gasteiger charge is 2.11. The first-order valence-corrected chi connectivity index (χ1v) is 8.49. The zero-order valence-electron chi connectivity index (χ0n) is 13.2. The molecule has 0 atom stereocenters. The van der Waals surface area contributed by atoms with E-state index in [0.29, 0.717) is 25.4 Å². The van der Waals surface area contributed by atoms with Crippen molar-refractivity contribution in [3.8, 4) is 0 Å². The molecule has 2 amide bonds. The number of aromatic nitrogens is 1. The van der Waals surface area contributed by atoms with E-state index >= 15 is 0 Å². The van der Waals surface area contributed by atoms with Crippen LogP contribution in [0.4, 0.5) is 4.79 Å². The maximum absolute atomic E-state index is 12.3. The molecule has 1 heterocycles. The maximum atomic E-state index is 12.3. The molecule has 23 heavy (non-hydrogen) atoms. The molecule has 2 aromatic rings. The summed E-state index contributed by atoms with van der Waals surface area (Å²) in [6.07, 6.45) is 5.20. The minimum atomic E-state index is -0.0240. The van der Waals surface area contributed by atoms with Crippen LogP contribution in [0.5, 0.6) is 0 Å². The molecule has 0 aliphatic heterocycles. The van der Waals surface area contributed by atoms with Crippen LogP contribution in [-0.4, -0.2) is 41.3 Å². The van der Waals surface area contributed by atoms with Crippen LogP contribution < -0.4 is 5.32 Å². The van der Waals surface area contributed by atoms with Crippen molar-refractivity contribution in [3.63, 3.8) is 0 Å². The Kier molecular flexibility index (Phi) is 7.46. The van der Waals surface area contributed by atoms with E-state index in [1.54, 1.807) is 12.4 Å². The van der Waals surface area contributed by atoms with Crippen molar-refractivity contribution in [2.75, 3.05) is 25.4 Å². The van der Waals surface area contributed by atoms with Gasteiger partial charge >= 0.3 is 6.03 Å². The second kappa shape index (κ2) is 9.90. The first-order valence-electron chi connectivity index (χ1n) is 7.86. The minimum absolute atomic E-state index is 0.0240. The van der Waals surface area contributed by atoms with Crippen molar-refractivity contribution in [3.05, 3.63) is 66.0 Å². The molecule has 0 fully saturated rings. The third-order valence-electron chi connectivity index (χ3n) is 3.61. The standard InChI is InChI=1S/C18H23N3OS/c22-18(20-12-8-17-6-10-19-11-7-17)21(14-15-23)13-9-16-4-2-1-3-5-16/h1-7,10-11,23H,8-9,12-15H2,(H,20,22). The Bertz CT molecular complexity index is 577. The number of thiol groups is 1. The Hall–Kier alpha value is -2.01. The summed E-state index contributed by atoms with van der Waals surface area (Å²) >= 11 is 4.25. The van der Waals surface area contributed by atoms with E-state index in [4.69, 9.17) is 0 Å².